The zero-order valence-corrected chi connectivity index (χ0v) is 21.7. The van der Waals surface area contributed by atoms with Gasteiger partial charge in [-0.3, -0.25) is 34.2 Å². The number of piperidine rings is 2. The predicted molar refractivity (Wildman–Crippen MR) is 141 cm³/mol. The van der Waals surface area contributed by atoms with E-state index in [-0.39, 0.29) is 29.9 Å². The van der Waals surface area contributed by atoms with Crippen LogP contribution in [-0.4, -0.2) is 75.0 Å². The molecule has 39 heavy (non-hydrogen) atoms. The summed E-state index contributed by atoms with van der Waals surface area (Å²) in [6, 6.07) is 5.81. The summed E-state index contributed by atoms with van der Waals surface area (Å²) in [6.07, 6.45) is 8.59. The number of hydrogen-bond acceptors (Lipinski definition) is 8. The molecule has 4 heterocycles. The summed E-state index contributed by atoms with van der Waals surface area (Å²) in [5.41, 5.74) is 1.22. The molecule has 0 saturated carbocycles. The lowest BCUT2D eigenvalue weighted by atomic mass is 9.95. The van der Waals surface area contributed by atoms with Crippen LogP contribution in [0.4, 0.5) is 5.69 Å². The van der Waals surface area contributed by atoms with E-state index in [1.807, 2.05) is 11.0 Å². The zero-order valence-electron chi connectivity index (χ0n) is 21.7. The van der Waals surface area contributed by atoms with Gasteiger partial charge in [0.15, 0.2) is 0 Å². The maximum Gasteiger partial charge on any atom is 0.262 e. The van der Waals surface area contributed by atoms with Crippen molar-refractivity contribution in [2.24, 2.45) is 0 Å². The summed E-state index contributed by atoms with van der Waals surface area (Å²) in [4.78, 5) is 73.6. The molecule has 11 nitrogen and oxygen atoms in total. The minimum Gasteiger partial charge on any atom is -0.385 e. The van der Waals surface area contributed by atoms with Gasteiger partial charge in [0.25, 0.3) is 11.8 Å². The maximum absolute atomic E-state index is 13.0. The summed E-state index contributed by atoms with van der Waals surface area (Å²) in [7, 11) is 0. The Hall–Kier alpha value is -4.15. The number of benzene rings is 1. The second-order valence-corrected chi connectivity index (χ2v) is 10.2. The van der Waals surface area contributed by atoms with Gasteiger partial charge < -0.3 is 10.2 Å². The van der Waals surface area contributed by atoms with Gasteiger partial charge >= 0.3 is 0 Å². The Morgan fingerprint density at radius 3 is 2.44 bits per heavy atom. The van der Waals surface area contributed by atoms with Crippen molar-refractivity contribution in [3.8, 4) is 0 Å². The van der Waals surface area contributed by atoms with Crippen molar-refractivity contribution in [2.45, 2.75) is 63.3 Å². The van der Waals surface area contributed by atoms with Crippen LogP contribution in [0.1, 0.15) is 83.8 Å². The van der Waals surface area contributed by atoms with Crippen LogP contribution >= 0.6 is 0 Å². The molecule has 2 fully saturated rings. The van der Waals surface area contributed by atoms with Gasteiger partial charge in [-0.15, -0.1) is 0 Å². The quantitative estimate of drug-likeness (QED) is 0.370. The van der Waals surface area contributed by atoms with Crippen molar-refractivity contribution in [3.63, 3.8) is 0 Å². The molecule has 5 rings (SSSR count). The number of hydrogen-bond donors (Lipinski definition) is 2. The topological polar surface area (TPSA) is 142 Å². The Balaban J connectivity index is 1.03. The zero-order chi connectivity index (χ0) is 27.4. The normalized spacial score (nSPS) is 19.7. The maximum atomic E-state index is 13.0. The van der Waals surface area contributed by atoms with E-state index in [0.29, 0.717) is 24.6 Å². The molecule has 1 unspecified atom stereocenters. The Labute approximate surface area is 226 Å². The average Bonchev–Trinajstić information content (AvgIpc) is 3.20. The fourth-order valence-electron chi connectivity index (χ4n) is 5.46. The van der Waals surface area contributed by atoms with E-state index in [1.54, 1.807) is 30.6 Å². The number of fused-ring (bicyclic) bond motifs is 1. The van der Waals surface area contributed by atoms with E-state index in [4.69, 9.17) is 0 Å². The Bertz CT molecular complexity index is 1270. The van der Waals surface area contributed by atoms with Crippen LogP contribution in [0, 0.1) is 0 Å². The first-order valence-electron chi connectivity index (χ1n) is 13.6. The largest absolute Gasteiger partial charge is 0.385 e. The summed E-state index contributed by atoms with van der Waals surface area (Å²) in [5, 5.41) is 5.48. The molecule has 2 N–H and O–H groups in total. The molecule has 5 amide bonds. The van der Waals surface area contributed by atoms with Gasteiger partial charge in [-0.05, 0) is 56.4 Å². The standard InChI is InChI=1S/C28H32N6O5/c35-23-9-8-22(26(37)32-23)34-27(38)20-7-6-19(17-21(20)28(34)39)29-12-3-1-2-5-24(36)33-15-10-18(11-16-33)25-30-13-4-14-31-25/h4,6-7,13-14,17-18,22,29H,1-3,5,8-12,15-16H2,(H,32,35,37). The monoisotopic (exact) mass is 532 g/mol. The summed E-state index contributed by atoms with van der Waals surface area (Å²) in [6.45, 7) is 2.14. The van der Waals surface area contributed by atoms with Crippen LogP contribution in [0.5, 0.6) is 0 Å². The Morgan fingerprint density at radius 2 is 1.69 bits per heavy atom. The van der Waals surface area contributed by atoms with Crippen LogP contribution in [0.3, 0.4) is 0 Å². The first-order valence-corrected chi connectivity index (χ1v) is 13.6. The predicted octanol–water partition coefficient (Wildman–Crippen LogP) is 2.26. The number of aromatic nitrogens is 2. The van der Waals surface area contributed by atoms with Gasteiger partial charge in [-0.25, -0.2) is 9.97 Å². The van der Waals surface area contributed by atoms with Crippen molar-refractivity contribution < 1.29 is 24.0 Å². The number of carbonyl (C=O) groups is 5. The fourth-order valence-corrected chi connectivity index (χ4v) is 5.46. The molecule has 3 aliphatic heterocycles. The molecule has 1 atom stereocenters. The van der Waals surface area contributed by atoms with Gasteiger partial charge in [0.2, 0.25) is 17.7 Å². The second-order valence-electron chi connectivity index (χ2n) is 10.2. The van der Waals surface area contributed by atoms with Crippen molar-refractivity contribution in [1.82, 2.24) is 25.1 Å². The number of amides is 5. The number of carbonyl (C=O) groups excluding carboxylic acids is 5. The van der Waals surface area contributed by atoms with Crippen molar-refractivity contribution in [3.05, 3.63) is 53.6 Å². The van der Waals surface area contributed by atoms with Gasteiger partial charge in [-0.2, -0.15) is 0 Å². The van der Waals surface area contributed by atoms with E-state index in [9.17, 15) is 24.0 Å². The number of nitrogens with zero attached hydrogens (tertiary/aromatic N) is 4. The van der Waals surface area contributed by atoms with E-state index in [1.165, 1.54) is 0 Å². The van der Waals surface area contributed by atoms with Crippen LogP contribution < -0.4 is 10.6 Å². The number of rotatable bonds is 9. The van der Waals surface area contributed by atoms with E-state index >= 15 is 0 Å². The smallest absolute Gasteiger partial charge is 0.262 e. The van der Waals surface area contributed by atoms with E-state index < -0.39 is 29.7 Å². The molecule has 1 aromatic heterocycles. The van der Waals surface area contributed by atoms with Crippen LogP contribution in [-0.2, 0) is 14.4 Å². The molecule has 2 saturated heterocycles. The lowest BCUT2D eigenvalue weighted by molar-refractivity contribution is -0.136. The summed E-state index contributed by atoms with van der Waals surface area (Å²) >= 11 is 0. The minimum atomic E-state index is -0.974. The van der Waals surface area contributed by atoms with Crippen molar-refractivity contribution in [1.29, 1.82) is 0 Å². The molecule has 2 aromatic rings. The highest BCUT2D eigenvalue weighted by Gasteiger charge is 2.44. The number of anilines is 1. The third kappa shape index (κ3) is 5.81. The SMILES string of the molecule is O=C1CCC(N2C(=O)c3ccc(NCCCCCC(=O)N4CCC(c5ncccn5)CC4)cc3C2=O)C(=O)N1. The Morgan fingerprint density at radius 1 is 0.949 bits per heavy atom. The van der Waals surface area contributed by atoms with Gasteiger partial charge in [-0.1, -0.05) is 6.42 Å². The number of unbranched alkanes of at least 4 members (excludes halogenated alkanes) is 2. The van der Waals surface area contributed by atoms with Crippen LogP contribution in [0.2, 0.25) is 0 Å². The highest BCUT2D eigenvalue weighted by Crippen LogP contribution is 2.30. The third-order valence-corrected chi connectivity index (χ3v) is 7.63. The fraction of sp³-hybridized carbons (Fsp3) is 0.464. The minimum absolute atomic E-state index is 0.0877. The molecule has 0 bridgehead atoms. The molecule has 204 valence electrons. The molecular weight excluding hydrogens is 500 g/mol. The summed E-state index contributed by atoms with van der Waals surface area (Å²) in [5.74, 6) is -0.688. The number of imide groups is 2. The molecule has 11 heteroatoms. The molecule has 3 aliphatic rings. The summed E-state index contributed by atoms with van der Waals surface area (Å²) < 4.78 is 0. The van der Waals surface area contributed by atoms with Gasteiger partial charge in [0.1, 0.15) is 11.9 Å². The molecule has 0 aliphatic carbocycles. The second kappa shape index (κ2) is 11.7. The number of nitrogens with one attached hydrogen (secondary N) is 2. The van der Waals surface area contributed by atoms with Gasteiger partial charge in [0.05, 0.1) is 11.1 Å². The third-order valence-electron chi connectivity index (χ3n) is 7.63. The number of likely N-dealkylation sites (tertiary alicyclic amines) is 1. The molecule has 0 spiro atoms. The Kier molecular flexibility index (Phi) is 7.94. The first-order chi connectivity index (χ1) is 18.9. The van der Waals surface area contributed by atoms with E-state index in [0.717, 1.165) is 55.9 Å². The van der Waals surface area contributed by atoms with E-state index in [2.05, 4.69) is 20.6 Å². The van der Waals surface area contributed by atoms with Crippen molar-refractivity contribution >= 4 is 35.2 Å². The lowest BCUT2D eigenvalue weighted by Gasteiger charge is -2.31. The molecule has 0 radical (unpaired) electrons. The van der Waals surface area contributed by atoms with Crippen LogP contribution in [0.25, 0.3) is 0 Å². The highest BCUT2D eigenvalue weighted by atomic mass is 16.2. The van der Waals surface area contributed by atoms with Crippen molar-refractivity contribution in [2.75, 3.05) is 25.0 Å². The average molecular weight is 533 g/mol. The molecule has 1 aromatic carbocycles. The van der Waals surface area contributed by atoms with Crippen LogP contribution in [0.15, 0.2) is 36.7 Å². The lowest BCUT2D eigenvalue weighted by Crippen LogP contribution is -2.54. The highest BCUT2D eigenvalue weighted by molar-refractivity contribution is 6.23. The molecular formula is C28H32N6O5. The first kappa shape index (κ1) is 26.5. The van der Waals surface area contributed by atoms with Gasteiger partial charge in [0, 0.05) is 56.5 Å².